The Morgan fingerprint density at radius 3 is 2.16 bits per heavy atom. The number of fused-ring (bicyclic) bond motifs is 1. The molecular weight excluding hydrogens is 429 g/mol. The van der Waals surface area contributed by atoms with E-state index in [-0.39, 0.29) is 23.3 Å². The van der Waals surface area contributed by atoms with Gasteiger partial charge in [-0.2, -0.15) is 13.2 Å². The van der Waals surface area contributed by atoms with Gasteiger partial charge in [0.2, 0.25) is 5.78 Å². The zero-order chi connectivity index (χ0) is 23.3. The molecule has 32 heavy (non-hydrogen) atoms. The molecule has 0 fully saturated rings. The number of carbonyl (C=O) groups is 3. The zero-order valence-electron chi connectivity index (χ0n) is 16.7. The molecule has 2 aromatic carbocycles. The molecule has 6 nitrogen and oxygen atoms in total. The van der Waals surface area contributed by atoms with Crippen molar-refractivity contribution in [3.05, 3.63) is 82.6 Å². The number of carbonyl (C=O) groups excluding carboxylic acids is 3. The molecule has 0 amide bonds. The average molecular weight is 446 g/mol. The Morgan fingerprint density at radius 2 is 1.59 bits per heavy atom. The first-order chi connectivity index (χ1) is 15.1. The van der Waals surface area contributed by atoms with Gasteiger partial charge in [-0.05, 0) is 12.5 Å². The Bertz CT molecular complexity index is 1140. The maximum atomic E-state index is 14.1. The average Bonchev–Trinajstić information content (AvgIpc) is 2.76. The third kappa shape index (κ3) is 3.12. The quantitative estimate of drug-likeness (QED) is 0.726. The van der Waals surface area contributed by atoms with Gasteiger partial charge in [0.15, 0.2) is 11.5 Å². The fourth-order valence-corrected chi connectivity index (χ4v) is 4.15. The van der Waals surface area contributed by atoms with Gasteiger partial charge >= 0.3 is 17.9 Å². The molecule has 9 heteroatoms. The van der Waals surface area contributed by atoms with E-state index in [1.54, 1.807) is 6.07 Å². The molecule has 4 rings (SSSR count). The van der Waals surface area contributed by atoms with Gasteiger partial charge in [-0.25, -0.2) is 0 Å². The molecule has 0 saturated carbocycles. The van der Waals surface area contributed by atoms with Gasteiger partial charge in [-0.15, -0.1) is 0 Å². The monoisotopic (exact) mass is 446 g/mol. The van der Waals surface area contributed by atoms with Crippen molar-refractivity contribution in [1.82, 2.24) is 0 Å². The number of esters is 1. The van der Waals surface area contributed by atoms with E-state index in [0.717, 1.165) is 0 Å². The van der Waals surface area contributed by atoms with Gasteiger partial charge in [0.1, 0.15) is 5.92 Å². The van der Waals surface area contributed by atoms with Crippen molar-refractivity contribution in [3.8, 4) is 0 Å². The highest BCUT2D eigenvalue weighted by molar-refractivity contribution is 6.27. The SMILES string of the molecule is CCOC(=O)[C@@H]1[C@@H](c2ccccc2)C2=C(O[C@@]1(O)C(F)(F)F)C(=O)c1ccccc1C2=O. The highest BCUT2D eigenvalue weighted by atomic mass is 19.4. The molecule has 166 valence electrons. The standard InChI is InChI=1S/C23H17F3O6/c1-2-31-21(29)17-15(12-8-4-3-5-9-12)16-18(27)13-10-6-7-11-14(13)19(28)20(16)32-22(17,30)23(24,25)26/h3-11,15,17,30H,2H2,1H3/t15-,17-,22+/m0/s1. The van der Waals surface area contributed by atoms with Gasteiger partial charge < -0.3 is 14.6 Å². The number of alkyl halides is 3. The fraction of sp³-hybridized carbons (Fsp3) is 0.261. The molecular formula is C23H17F3O6. The summed E-state index contributed by atoms with van der Waals surface area (Å²) in [5, 5.41) is 10.7. The Labute approximate surface area is 180 Å². The lowest BCUT2D eigenvalue weighted by atomic mass is 9.69. The van der Waals surface area contributed by atoms with Crippen LogP contribution in [-0.4, -0.2) is 41.2 Å². The summed E-state index contributed by atoms with van der Waals surface area (Å²) >= 11 is 0. The first-order valence-electron chi connectivity index (χ1n) is 9.74. The van der Waals surface area contributed by atoms with E-state index in [9.17, 15) is 32.7 Å². The number of ketones is 2. The number of hydrogen-bond donors (Lipinski definition) is 1. The molecule has 3 atom stereocenters. The van der Waals surface area contributed by atoms with Crippen LogP contribution in [0.3, 0.4) is 0 Å². The van der Waals surface area contributed by atoms with E-state index in [0.29, 0.717) is 0 Å². The Kier molecular flexibility index (Phi) is 5.16. The number of rotatable bonds is 3. The number of Topliss-reactive ketones (excluding diaryl/α,β-unsaturated/α-hetero) is 2. The van der Waals surface area contributed by atoms with E-state index in [1.807, 2.05) is 0 Å². The summed E-state index contributed by atoms with van der Waals surface area (Å²) in [6.45, 7) is 1.12. The molecule has 0 bridgehead atoms. The summed E-state index contributed by atoms with van der Waals surface area (Å²) in [6.07, 6.45) is -5.49. The van der Waals surface area contributed by atoms with Crippen LogP contribution in [-0.2, 0) is 14.3 Å². The van der Waals surface area contributed by atoms with Crippen LogP contribution < -0.4 is 0 Å². The molecule has 0 spiro atoms. The summed E-state index contributed by atoms with van der Waals surface area (Å²) in [4.78, 5) is 39.2. The molecule has 0 aromatic heterocycles. The predicted octanol–water partition coefficient (Wildman–Crippen LogP) is 3.56. The third-order valence-corrected chi connectivity index (χ3v) is 5.54. The number of ether oxygens (including phenoxy) is 2. The highest BCUT2D eigenvalue weighted by Gasteiger charge is 2.70. The van der Waals surface area contributed by atoms with Crippen molar-refractivity contribution in [3.63, 3.8) is 0 Å². The number of allylic oxidation sites excluding steroid dienone is 2. The van der Waals surface area contributed by atoms with Crippen LogP contribution >= 0.6 is 0 Å². The molecule has 0 saturated heterocycles. The van der Waals surface area contributed by atoms with Crippen LogP contribution in [0, 0.1) is 5.92 Å². The molecule has 1 aliphatic carbocycles. The fourth-order valence-electron chi connectivity index (χ4n) is 4.15. The molecule has 1 N–H and O–H groups in total. The van der Waals surface area contributed by atoms with E-state index >= 15 is 0 Å². The predicted molar refractivity (Wildman–Crippen MR) is 104 cm³/mol. The number of benzene rings is 2. The van der Waals surface area contributed by atoms with Crippen molar-refractivity contribution in [2.24, 2.45) is 5.92 Å². The van der Waals surface area contributed by atoms with Gasteiger partial charge in [0.25, 0.3) is 0 Å². The van der Waals surface area contributed by atoms with Crippen LogP contribution in [0.15, 0.2) is 65.9 Å². The van der Waals surface area contributed by atoms with Gasteiger partial charge in [0, 0.05) is 17.0 Å². The Morgan fingerprint density at radius 1 is 1.03 bits per heavy atom. The van der Waals surface area contributed by atoms with Crippen LogP contribution in [0.5, 0.6) is 0 Å². The number of aliphatic hydroxyl groups is 1. The van der Waals surface area contributed by atoms with Crippen LogP contribution in [0.25, 0.3) is 0 Å². The minimum atomic E-state index is -5.49. The van der Waals surface area contributed by atoms with E-state index in [4.69, 9.17) is 9.47 Å². The third-order valence-electron chi connectivity index (χ3n) is 5.54. The van der Waals surface area contributed by atoms with Crippen LogP contribution in [0.1, 0.15) is 39.1 Å². The smallest absolute Gasteiger partial charge is 0.456 e. The second-order valence-corrected chi connectivity index (χ2v) is 7.36. The zero-order valence-corrected chi connectivity index (χ0v) is 16.7. The Balaban J connectivity index is 2.04. The maximum absolute atomic E-state index is 14.1. The molecule has 1 heterocycles. The number of hydrogen-bond acceptors (Lipinski definition) is 6. The minimum Gasteiger partial charge on any atom is -0.466 e. The Hall–Kier alpha value is -3.46. The van der Waals surface area contributed by atoms with Crippen LogP contribution in [0.2, 0.25) is 0 Å². The summed E-state index contributed by atoms with van der Waals surface area (Å²) < 4.78 is 52.1. The summed E-state index contributed by atoms with van der Waals surface area (Å²) in [5.41, 5.74) is -0.487. The lowest BCUT2D eigenvalue weighted by Gasteiger charge is -2.45. The van der Waals surface area contributed by atoms with E-state index in [1.165, 1.54) is 55.5 Å². The second kappa shape index (κ2) is 7.59. The largest absolute Gasteiger partial charge is 0.466 e. The van der Waals surface area contributed by atoms with E-state index < -0.39 is 52.7 Å². The topological polar surface area (TPSA) is 89.9 Å². The van der Waals surface area contributed by atoms with Gasteiger partial charge in [-0.3, -0.25) is 14.4 Å². The van der Waals surface area contributed by atoms with Crippen molar-refractivity contribution < 1.29 is 42.1 Å². The lowest BCUT2D eigenvalue weighted by Crippen LogP contribution is -2.61. The first kappa shape index (κ1) is 21.8. The van der Waals surface area contributed by atoms with Crippen molar-refractivity contribution >= 4 is 17.5 Å². The minimum absolute atomic E-state index is 0.0270. The van der Waals surface area contributed by atoms with Crippen molar-refractivity contribution in [1.29, 1.82) is 0 Å². The molecule has 0 radical (unpaired) electrons. The first-order valence-corrected chi connectivity index (χ1v) is 9.74. The van der Waals surface area contributed by atoms with Gasteiger partial charge in [-0.1, -0.05) is 54.6 Å². The molecule has 2 aromatic rings. The van der Waals surface area contributed by atoms with Crippen LogP contribution in [0.4, 0.5) is 13.2 Å². The van der Waals surface area contributed by atoms with Crippen molar-refractivity contribution in [2.45, 2.75) is 24.8 Å². The van der Waals surface area contributed by atoms with Gasteiger partial charge in [0.05, 0.1) is 12.2 Å². The molecule has 1 aliphatic heterocycles. The summed E-state index contributed by atoms with van der Waals surface area (Å²) in [7, 11) is 0. The summed E-state index contributed by atoms with van der Waals surface area (Å²) in [5.74, 6) is -12.2. The molecule has 0 unspecified atom stereocenters. The second-order valence-electron chi connectivity index (χ2n) is 7.36. The molecule has 2 aliphatic rings. The highest BCUT2D eigenvalue weighted by Crippen LogP contribution is 2.54. The van der Waals surface area contributed by atoms with E-state index in [2.05, 4.69) is 0 Å². The van der Waals surface area contributed by atoms with Crippen molar-refractivity contribution in [2.75, 3.05) is 6.61 Å². The normalized spacial score (nSPS) is 25.0. The summed E-state index contributed by atoms with van der Waals surface area (Å²) in [6, 6.07) is 13.0. The maximum Gasteiger partial charge on any atom is 0.456 e. The lowest BCUT2D eigenvalue weighted by molar-refractivity contribution is -0.375. The number of halogens is 3.